The predicted octanol–water partition coefficient (Wildman–Crippen LogP) is 1.98. The second-order valence-electron chi connectivity index (χ2n) is 2.33. The average molecular weight is 193 g/mol. The fourth-order valence-electron chi connectivity index (χ4n) is 0.917. The molecule has 1 aromatic rings. The number of benzene rings is 1. The smallest absolute Gasteiger partial charge is 0.335 e. The topological polar surface area (TPSA) is 61.1 Å². The van der Waals surface area contributed by atoms with E-state index < -0.39 is 5.97 Å². The molecule has 1 rings (SSSR count). The lowest BCUT2D eigenvalue weighted by atomic mass is 10.1. The molecule has 4 heteroatoms. The molecule has 1 N–H and O–H groups in total. The monoisotopic (exact) mass is 193 g/mol. The van der Waals surface area contributed by atoms with Gasteiger partial charge in [0.05, 0.1) is 11.1 Å². The molecule has 0 aliphatic carbocycles. The van der Waals surface area contributed by atoms with Gasteiger partial charge < -0.3 is 5.11 Å². The second kappa shape index (κ2) is 3.97. The number of nitriles is 1. The first-order valence-electron chi connectivity index (χ1n) is 3.50. The Labute approximate surface area is 80.0 Å². The summed E-state index contributed by atoms with van der Waals surface area (Å²) in [6.07, 6.45) is 1.81. The molecule has 0 spiro atoms. The van der Waals surface area contributed by atoms with Crippen molar-refractivity contribution in [3.63, 3.8) is 0 Å². The molecule has 0 amide bonds. The molecule has 0 aliphatic rings. The van der Waals surface area contributed by atoms with Crippen molar-refractivity contribution in [3.05, 3.63) is 29.3 Å². The second-order valence-corrected chi connectivity index (χ2v) is 3.18. The minimum Gasteiger partial charge on any atom is -0.478 e. The van der Waals surface area contributed by atoms with Crippen LogP contribution in [0.1, 0.15) is 15.9 Å². The summed E-state index contributed by atoms with van der Waals surface area (Å²) in [5.74, 6) is -0.972. The molecule has 0 aliphatic heterocycles. The average Bonchev–Trinajstić information content (AvgIpc) is 2.16. The zero-order valence-electron chi connectivity index (χ0n) is 6.94. The van der Waals surface area contributed by atoms with Gasteiger partial charge in [0.25, 0.3) is 0 Å². The van der Waals surface area contributed by atoms with Crippen LogP contribution in [0.25, 0.3) is 0 Å². The van der Waals surface area contributed by atoms with E-state index in [2.05, 4.69) is 0 Å². The van der Waals surface area contributed by atoms with Crippen LogP contribution in [0.15, 0.2) is 23.1 Å². The zero-order valence-corrected chi connectivity index (χ0v) is 7.76. The third-order valence-corrected chi connectivity index (χ3v) is 2.35. The molecule has 66 valence electrons. The van der Waals surface area contributed by atoms with E-state index in [1.807, 2.05) is 12.3 Å². The van der Waals surface area contributed by atoms with Gasteiger partial charge in [-0.15, -0.1) is 11.8 Å². The molecule has 0 radical (unpaired) electrons. The lowest BCUT2D eigenvalue weighted by Gasteiger charge is -2.00. The highest BCUT2D eigenvalue weighted by atomic mass is 32.2. The first-order chi connectivity index (χ1) is 6.19. The fraction of sp³-hybridized carbons (Fsp3) is 0.111. The highest BCUT2D eigenvalue weighted by molar-refractivity contribution is 7.98. The van der Waals surface area contributed by atoms with E-state index in [1.54, 1.807) is 0 Å². The molecule has 0 atom stereocenters. The van der Waals surface area contributed by atoms with Crippen LogP contribution in [0, 0.1) is 11.3 Å². The SMILES string of the molecule is CSc1cc(C(=O)O)ccc1C#N. The van der Waals surface area contributed by atoms with Gasteiger partial charge in [-0.2, -0.15) is 5.26 Å². The van der Waals surface area contributed by atoms with Crippen LogP contribution in [0.5, 0.6) is 0 Å². The van der Waals surface area contributed by atoms with Crippen molar-refractivity contribution in [1.82, 2.24) is 0 Å². The van der Waals surface area contributed by atoms with Crippen molar-refractivity contribution in [1.29, 1.82) is 5.26 Å². The number of hydrogen-bond donors (Lipinski definition) is 1. The summed E-state index contributed by atoms with van der Waals surface area (Å²) in [5.41, 5.74) is 0.723. The highest BCUT2D eigenvalue weighted by Gasteiger charge is 2.06. The maximum atomic E-state index is 10.6. The summed E-state index contributed by atoms with van der Waals surface area (Å²) in [6, 6.07) is 6.46. The molecule has 1 aromatic carbocycles. The molecular formula is C9H7NO2S. The Morgan fingerprint density at radius 2 is 2.31 bits per heavy atom. The summed E-state index contributed by atoms with van der Waals surface area (Å²) in [4.78, 5) is 11.3. The summed E-state index contributed by atoms with van der Waals surface area (Å²) in [7, 11) is 0. The van der Waals surface area contributed by atoms with Crippen molar-refractivity contribution in [3.8, 4) is 6.07 Å². The summed E-state index contributed by atoms with van der Waals surface area (Å²) >= 11 is 1.37. The van der Waals surface area contributed by atoms with E-state index in [-0.39, 0.29) is 5.56 Å². The van der Waals surface area contributed by atoms with Crippen molar-refractivity contribution in [2.75, 3.05) is 6.26 Å². The maximum absolute atomic E-state index is 10.6. The number of thioether (sulfide) groups is 1. The van der Waals surface area contributed by atoms with Crippen molar-refractivity contribution in [2.45, 2.75) is 4.90 Å². The molecule has 0 fully saturated rings. The zero-order chi connectivity index (χ0) is 9.84. The van der Waals surface area contributed by atoms with Crippen molar-refractivity contribution >= 4 is 17.7 Å². The molecular weight excluding hydrogens is 186 g/mol. The van der Waals surface area contributed by atoms with E-state index in [9.17, 15) is 4.79 Å². The number of carboxylic acid groups (broad SMARTS) is 1. The lowest BCUT2D eigenvalue weighted by molar-refractivity contribution is 0.0696. The standard InChI is InChI=1S/C9H7NO2S/c1-13-8-4-6(9(11)12)2-3-7(8)5-10/h2-4H,1H3,(H,11,12). The number of carboxylic acids is 1. The molecule has 0 bridgehead atoms. The van der Waals surface area contributed by atoms with E-state index in [1.165, 1.54) is 30.0 Å². The molecule has 13 heavy (non-hydrogen) atoms. The third kappa shape index (κ3) is 2.01. The van der Waals surface area contributed by atoms with Gasteiger partial charge in [0, 0.05) is 4.90 Å². The largest absolute Gasteiger partial charge is 0.478 e. The van der Waals surface area contributed by atoms with Crippen LogP contribution in [-0.2, 0) is 0 Å². The van der Waals surface area contributed by atoms with E-state index in [4.69, 9.17) is 10.4 Å². The molecule has 0 saturated carbocycles. The first kappa shape index (κ1) is 9.62. The third-order valence-electron chi connectivity index (χ3n) is 1.57. The summed E-state index contributed by atoms with van der Waals surface area (Å²) in [6.45, 7) is 0. The highest BCUT2D eigenvalue weighted by Crippen LogP contribution is 2.21. The van der Waals surface area contributed by atoms with Gasteiger partial charge in [-0.05, 0) is 24.5 Å². The van der Waals surface area contributed by atoms with Crippen LogP contribution in [0.2, 0.25) is 0 Å². The number of rotatable bonds is 2. The molecule has 0 aromatic heterocycles. The summed E-state index contributed by atoms with van der Waals surface area (Å²) < 4.78 is 0. The Bertz CT molecular complexity index is 382. The van der Waals surface area contributed by atoms with Gasteiger partial charge >= 0.3 is 5.97 Å². The molecule has 0 saturated heterocycles. The van der Waals surface area contributed by atoms with Gasteiger partial charge in [-0.25, -0.2) is 4.79 Å². The van der Waals surface area contributed by atoms with Crippen LogP contribution in [0.4, 0.5) is 0 Å². The van der Waals surface area contributed by atoms with Gasteiger partial charge in [-0.3, -0.25) is 0 Å². The van der Waals surface area contributed by atoms with Crippen LogP contribution in [-0.4, -0.2) is 17.3 Å². The minimum absolute atomic E-state index is 0.211. The Balaban J connectivity index is 3.23. The molecule has 0 unspecified atom stereocenters. The fourth-order valence-corrected chi connectivity index (χ4v) is 1.50. The Morgan fingerprint density at radius 3 is 2.77 bits per heavy atom. The van der Waals surface area contributed by atoms with Crippen molar-refractivity contribution < 1.29 is 9.90 Å². The van der Waals surface area contributed by atoms with Crippen LogP contribution < -0.4 is 0 Å². The minimum atomic E-state index is -0.972. The van der Waals surface area contributed by atoms with Gasteiger partial charge in [0.1, 0.15) is 6.07 Å². The predicted molar refractivity (Wildman–Crippen MR) is 49.9 cm³/mol. The Morgan fingerprint density at radius 1 is 1.62 bits per heavy atom. The van der Waals surface area contributed by atoms with Gasteiger partial charge in [0.15, 0.2) is 0 Å². The maximum Gasteiger partial charge on any atom is 0.335 e. The summed E-state index contributed by atoms with van der Waals surface area (Å²) in [5, 5.41) is 17.3. The van der Waals surface area contributed by atoms with E-state index >= 15 is 0 Å². The van der Waals surface area contributed by atoms with E-state index in [0.717, 1.165) is 0 Å². The quantitative estimate of drug-likeness (QED) is 0.729. The Kier molecular flexibility index (Phi) is 2.93. The normalized spacial score (nSPS) is 9.23. The lowest BCUT2D eigenvalue weighted by Crippen LogP contribution is -1.96. The first-order valence-corrected chi connectivity index (χ1v) is 4.73. The number of hydrogen-bond acceptors (Lipinski definition) is 3. The van der Waals surface area contributed by atoms with Crippen molar-refractivity contribution in [2.24, 2.45) is 0 Å². The van der Waals surface area contributed by atoms with E-state index in [0.29, 0.717) is 10.5 Å². The number of carbonyl (C=O) groups is 1. The van der Waals surface area contributed by atoms with Gasteiger partial charge in [0.2, 0.25) is 0 Å². The number of nitrogens with zero attached hydrogens (tertiary/aromatic N) is 1. The van der Waals surface area contributed by atoms with Gasteiger partial charge in [-0.1, -0.05) is 0 Å². The molecule has 3 nitrogen and oxygen atoms in total. The van der Waals surface area contributed by atoms with Crippen LogP contribution in [0.3, 0.4) is 0 Å². The number of aromatic carboxylic acids is 1. The van der Waals surface area contributed by atoms with Crippen LogP contribution >= 0.6 is 11.8 Å². The Hall–Kier alpha value is -1.47. The molecule has 0 heterocycles.